The van der Waals surface area contributed by atoms with Gasteiger partial charge in [-0.3, -0.25) is 0 Å². The third-order valence-electron chi connectivity index (χ3n) is 5.47. The van der Waals surface area contributed by atoms with Crippen LogP contribution in [0.4, 0.5) is 0 Å². The maximum Gasteiger partial charge on any atom is 0.243 e. The van der Waals surface area contributed by atoms with Crippen molar-refractivity contribution in [3.8, 4) is 11.1 Å². The molecule has 2 saturated heterocycles. The molecule has 3 atom stereocenters. The topological polar surface area (TPSA) is 37.4 Å². The molecule has 4 rings (SSSR count). The van der Waals surface area contributed by atoms with Gasteiger partial charge in [0.1, 0.15) is 0 Å². The molecule has 2 bridgehead atoms. The molecule has 2 heterocycles. The minimum Gasteiger partial charge on any atom is -0.207 e. The fourth-order valence-electron chi connectivity index (χ4n) is 4.26. The van der Waals surface area contributed by atoms with E-state index in [1.165, 1.54) is 0 Å². The predicted molar refractivity (Wildman–Crippen MR) is 104 cm³/mol. The molecule has 5 heteroatoms. The second kappa shape index (κ2) is 6.78. The SMILES string of the molecule is CSC1C[C@H]2CC[C@@H](C1)N2S(=O)(=O)c1cccc(-c2ccccc2)c1. The molecule has 3 nitrogen and oxygen atoms in total. The van der Waals surface area contributed by atoms with Crippen molar-refractivity contribution < 1.29 is 8.42 Å². The van der Waals surface area contributed by atoms with Crippen LogP contribution in [0.25, 0.3) is 11.1 Å². The molecule has 2 aromatic rings. The van der Waals surface area contributed by atoms with Crippen LogP contribution in [0.2, 0.25) is 0 Å². The largest absolute Gasteiger partial charge is 0.243 e. The number of hydrogen-bond acceptors (Lipinski definition) is 3. The van der Waals surface area contributed by atoms with Crippen molar-refractivity contribution in [2.75, 3.05) is 6.26 Å². The van der Waals surface area contributed by atoms with Gasteiger partial charge in [-0.25, -0.2) is 8.42 Å². The first-order valence-electron chi connectivity index (χ1n) is 8.81. The molecule has 0 amide bonds. The van der Waals surface area contributed by atoms with Crippen molar-refractivity contribution >= 4 is 21.8 Å². The molecular weight excluding hydrogens is 350 g/mol. The Morgan fingerprint density at radius 2 is 1.56 bits per heavy atom. The minimum atomic E-state index is -3.44. The summed E-state index contributed by atoms with van der Waals surface area (Å²) in [4.78, 5) is 0.424. The van der Waals surface area contributed by atoms with Crippen LogP contribution in [0.15, 0.2) is 59.5 Å². The van der Waals surface area contributed by atoms with Gasteiger partial charge in [-0.2, -0.15) is 16.1 Å². The zero-order chi connectivity index (χ0) is 17.4. The van der Waals surface area contributed by atoms with Crippen molar-refractivity contribution in [3.63, 3.8) is 0 Å². The Hall–Kier alpha value is -1.30. The molecule has 132 valence electrons. The molecule has 2 aliphatic heterocycles. The summed E-state index contributed by atoms with van der Waals surface area (Å²) in [5.41, 5.74) is 2.00. The average Bonchev–Trinajstić information content (AvgIpc) is 2.94. The Morgan fingerprint density at radius 3 is 2.20 bits per heavy atom. The number of fused-ring (bicyclic) bond motifs is 2. The Morgan fingerprint density at radius 1 is 0.920 bits per heavy atom. The molecular formula is C20H23NO2S2. The van der Waals surface area contributed by atoms with Gasteiger partial charge < -0.3 is 0 Å². The highest BCUT2D eigenvalue weighted by molar-refractivity contribution is 7.99. The van der Waals surface area contributed by atoms with Crippen molar-refractivity contribution in [3.05, 3.63) is 54.6 Å². The maximum absolute atomic E-state index is 13.3. The average molecular weight is 374 g/mol. The summed E-state index contributed by atoms with van der Waals surface area (Å²) in [5, 5.41) is 0.597. The maximum atomic E-state index is 13.3. The third-order valence-corrected chi connectivity index (χ3v) is 8.53. The number of benzene rings is 2. The van der Waals surface area contributed by atoms with Gasteiger partial charge in [0, 0.05) is 17.3 Å². The molecule has 0 radical (unpaired) electrons. The van der Waals surface area contributed by atoms with E-state index in [0.717, 1.165) is 36.8 Å². The van der Waals surface area contributed by atoms with E-state index in [4.69, 9.17) is 0 Å². The van der Waals surface area contributed by atoms with Crippen molar-refractivity contribution in [1.82, 2.24) is 4.31 Å². The molecule has 0 aromatic heterocycles. The lowest BCUT2D eigenvalue weighted by Gasteiger charge is -2.37. The second-order valence-electron chi connectivity index (χ2n) is 6.94. The molecule has 2 aliphatic rings. The van der Waals surface area contributed by atoms with Crippen LogP contribution in [-0.4, -0.2) is 36.3 Å². The Labute approximate surface area is 154 Å². The van der Waals surface area contributed by atoms with E-state index in [1.807, 2.05) is 64.6 Å². The molecule has 0 saturated carbocycles. The standard InChI is InChI=1S/C20H23NO2S2/c1-24-19-13-17-10-11-18(14-19)21(17)25(22,23)20-9-5-8-16(12-20)15-6-3-2-4-7-15/h2-9,12,17-19H,10-11,13-14H2,1H3/t17-,18+,19?. The lowest BCUT2D eigenvalue weighted by Crippen LogP contribution is -2.47. The number of nitrogens with zero attached hydrogens (tertiary/aromatic N) is 1. The van der Waals surface area contributed by atoms with Gasteiger partial charge in [0.05, 0.1) is 4.90 Å². The number of hydrogen-bond donors (Lipinski definition) is 0. The number of piperidine rings is 1. The summed E-state index contributed by atoms with van der Waals surface area (Å²) in [7, 11) is -3.44. The zero-order valence-electron chi connectivity index (χ0n) is 14.3. The van der Waals surface area contributed by atoms with Gasteiger partial charge in [-0.15, -0.1) is 0 Å². The van der Waals surface area contributed by atoms with E-state index in [0.29, 0.717) is 10.1 Å². The van der Waals surface area contributed by atoms with Crippen LogP contribution in [-0.2, 0) is 10.0 Å². The van der Waals surface area contributed by atoms with Gasteiger partial charge in [0.25, 0.3) is 0 Å². The van der Waals surface area contributed by atoms with Crippen molar-refractivity contribution in [2.45, 2.75) is 47.9 Å². The smallest absolute Gasteiger partial charge is 0.207 e. The van der Waals surface area contributed by atoms with E-state index in [-0.39, 0.29) is 12.1 Å². The number of rotatable bonds is 4. The monoisotopic (exact) mass is 373 g/mol. The predicted octanol–water partition coefficient (Wildman–Crippen LogP) is 4.40. The van der Waals surface area contributed by atoms with Gasteiger partial charge in [0.2, 0.25) is 10.0 Å². The summed E-state index contributed by atoms with van der Waals surface area (Å²) < 4.78 is 28.5. The lowest BCUT2D eigenvalue weighted by molar-refractivity contribution is 0.253. The highest BCUT2D eigenvalue weighted by Gasteiger charge is 2.46. The van der Waals surface area contributed by atoms with E-state index in [2.05, 4.69) is 6.26 Å². The van der Waals surface area contributed by atoms with E-state index >= 15 is 0 Å². The Balaban J connectivity index is 1.68. The first-order valence-corrected chi connectivity index (χ1v) is 11.5. The van der Waals surface area contributed by atoms with Crippen LogP contribution in [0, 0.1) is 0 Å². The summed E-state index contributed by atoms with van der Waals surface area (Å²) >= 11 is 1.88. The Kier molecular flexibility index (Phi) is 4.65. The zero-order valence-corrected chi connectivity index (χ0v) is 16.0. The first kappa shape index (κ1) is 17.1. The molecule has 25 heavy (non-hydrogen) atoms. The van der Waals surface area contributed by atoms with E-state index in [9.17, 15) is 8.42 Å². The minimum absolute atomic E-state index is 0.168. The summed E-state index contributed by atoms with van der Waals surface area (Å²) in [6.07, 6.45) is 6.10. The number of thioether (sulfide) groups is 1. The number of sulfonamides is 1. The third kappa shape index (κ3) is 3.14. The van der Waals surface area contributed by atoms with Crippen LogP contribution >= 0.6 is 11.8 Å². The van der Waals surface area contributed by atoms with Gasteiger partial charge in [-0.05, 0) is 55.2 Å². The quantitative estimate of drug-likeness (QED) is 0.797. The van der Waals surface area contributed by atoms with Gasteiger partial charge in [-0.1, -0.05) is 42.5 Å². The van der Waals surface area contributed by atoms with Crippen LogP contribution < -0.4 is 0 Å². The summed E-state index contributed by atoms with van der Waals surface area (Å²) in [6.45, 7) is 0. The molecule has 0 spiro atoms. The highest BCUT2D eigenvalue weighted by atomic mass is 32.2. The molecule has 2 aromatic carbocycles. The van der Waals surface area contributed by atoms with Crippen LogP contribution in [0.1, 0.15) is 25.7 Å². The molecule has 0 aliphatic carbocycles. The Bertz CT molecular complexity index is 837. The van der Waals surface area contributed by atoms with Gasteiger partial charge >= 0.3 is 0 Å². The second-order valence-corrected chi connectivity index (χ2v) is 9.92. The molecule has 1 unspecified atom stereocenters. The van der Waals surface area contributed by atoms with E-state index in [1.54, 1.807) is 6.07 Å². The fourth-order valence-corrected chi connectivity index (χ4v) is 7.02. The van der Waals surface area contributed by atoms with Gasteiger partial charge in [0.15, 0.2) is 0 Å². The van der Waals surface area contributed by atoms with E-state index < -0.39 is 10.0 Å². The fraction of sp³-hybridized carbons (Fsp3) is 0.400. The summed E-state index contributed by atoms with van der Waals surface area (Å²) in [5.74, 6) is 0. The first-order chi connectivity index (χ1) is 12.1. The highest BCUT2D eigenvalue weighted by Crippen LogP contribution is 2.42. The van der Waals surface area contributed by atoms with Crippen LogP contribution in [0.5, 0.6) is 0 Å². The molecule has 0 N–H and O–H groups in total. The van der Waals surface area contributed by atoms with Crippen LogP contribution in [0.3, 0.4) is 0 Å². The normalized spacial score (nSPS) is 26.7. The van der Waals surface area contributed by atoms with Crippen molar-refractivity contribution in [2.24, 2.45) is 0 Å². The van der Waals surface area contributed by atoms with Crippen molar-refractivity contribution in [1.29, 1.82) is 0 Å². The molecule has 2 fully saturated rings. The summed E-state index contributed by atoms with van der Waals surface area (Å²) in [6, 6.07) is 17.7. The lowest BCUT2D eigenvalue weighted by atomic mass is 10.1.